The highest BCUT2D eigenvalue weighted by molar-refractivity contribution is 5.89. The van der Waals surface area contributed by atoms with Gasteiger partial charge in [0.15, 0.2) is 0 Å². The number of carbonyl (C=O) groups excluding carboxylic acids is 1. The second-order valence-electron chi connectivity index (χ2n) is 6.04. The molecular weight excluding hydrogens is 262 g/mol. The molecule has 0 spiro atoms. The molecule has 116 valence electrons. The van der Waals surface area contributed by atoms with Gasteiger partial charge in [0, 0.05) is 18.3 Å². The molecule has 4 nitrogen and oxygen atoms in total. The number of nitrogens with one attached hydrogen (secondary N) is 2. The molecule has 0 bridgehead atoms. The van der Waals surface area contributed by atoms with Gasteiger partial charge in [-0.15, -0.1) is 0 Å². The highest BCUT2D eigenvalue weighted by Crippen LogP contribution is 2.17. The molecule has 2 rings (SSSR count). The van der Waals surface area contributed by atoms with Crippen LogP contribution < -0.4 is 10.6 Å². The zero-order valence-electron chi connectivity index (χ0n) is 13.4. The van der Waals surface area contributed by atoms with E-state index in [2.05, 4.69) is 48.4 Å². The summed E-state index contributed by atoms with van der Waals surface area (Å²) in [5, 5.41) is 5.88. The summed E-state index contributed by atoms with van der Waals surface area (Å²) in [6.45, 7) is 9.44. The Morgan fingerprint density at radius 1 is 1.33 bits per heavy atom. The van der Waals surface area contributed by atoms with E-state index in [1.54, 1.807) is 0 Å². The molecular formula is C17H27N3O. The molecule has 1 aromatic carbocycles. The molecule has 2 N–H and O–H groups in total. The number of amides is 2. The molecule has 0 aromatic heterocycles. The number of anilines is 1. The Hall–Kier alpha value is -1.55. The monoisotopic (exact) mass is 289 g/mol. The fourth-order valence-corrected chi connectivity index (χ4v) is 2.88. The molecule has 1 unspecified atom stereocenters. The number of carbonyl (C=O) groups is 1. The Labute approximate surface area is 127 Å². The standard InChI is InChI=1S/C17H27N3O/c1-4-20-11-5-6-16(20)12-18-17(21)19-15-9-7-14(8-10-15)13(2)3/h7-10,13,16H,4-6,11-12H2,1-3H3,(H2,18,19,21). The topological polar surface area (TPSA) is 44.4 Å². The average Bonchev–Trinajstić information content (AvgIpc) is 2.93. The zero-order chi connectivity index (χ0) is 15.2. The van der Waals surface area contributed by atoms with E-state index >= 15 is 0 Å². The van der Waals surface area contributed by atoms with Crippen LogP contribution in [-0.2, 0) is 0 Å². The second-order valence-corrected chi connectivity index (χ2v) is 6.04. The third kappa shape index (κ3) is 4.46. The van der Waals surface area contributed by atoms with E-state index in [1.165, 1.54) is 18.4 Å². The first-order valence-electron chi connectivity index (χ1n) is 7.99. The summed E-state index contributed by atoms with van der Waals surface area (Å²) in [5.41, 5.74) is 2.13. The van der Waals surface area contributed by atoms with Crippen LogP contribution in [0.2, 0.25) is 0 Å². The number of hydrogen-bond donors (Lipinski definition) is 2. The lowest BCUT2D eigenvalue weighted by Gasteiger charge is -2.22. The summed E-state index contributed by atoms with van der Waals surface area (Å²) >= 11 is 0. The van der Waals surface area contributed by atoms with Crippen molar-refractivity contribution in [2.24, 2.45) is 0 Å². The van der Waals surface area contributed by atoms with Gasteiger partial charge in [0.25, 0.3) is 0 Å². The normalized spacial score (nSPS) is 19.0. The molecule has 1 aliphatic rings. The number of urea groups is 1. The quantitative estimate of drug-likeness (QED) is 0.872. The Kier molecular flexibility index (Phi) is 5.62. The predicted molar refractivity (Wildman–Crippen MR) is 87.8 cm³/mol. The second kappa shape index (κ2) is 7.46. The van der Waals surface area contributed by atoms with E-state index in [0.29, 0.717) is 12.0 Å². The largest absolute Gasteiger partial charge is 0.336 e. The Morgan fingerprint density at radius 2 is 2.05 bits per heavy atom. The first-order valence-corrected chi connectivity index (χ1v) is 7.99. The number of rotatable bonds is 5. The fraction of sp³-hybridized carbons (Fsp3) is 0.588. The lowest BCUT2D eigenvalue weighted by Crippen LogP contribution is -2.41. The Balaban J connectivity index is 1.79. The lowest BCUT2D eigenvalue weighted by molar-refractivity contribution is 0.238. The molecule has 0 radical (unpaired) electrons. The highest BCUT2D eigenvalue weighted by atomic mass is 16.2. The van der Waals surface area contributed by atoms with Crippen molar-refractivity contribution in [3.05, 3.63) is 29.8 Å². The fourth-order valence-electron chi connectivity index (χ4n) is 2.88. The van der Waals surface area contributed by atoms with E-state index in [0.717, 1.165) is 25.3 Å². The average molecular weight is 289 g/mol. The summed E-state index contributed by atoms with van der Waals surface area (Å²) in [4.78, 5) is 14.4. The number of nitrogens with zero attached hydrogens (tertiary/aromatic N) is 1. The summed E-state index contributed by atoms with van der Waals surface area (Å²) in [5.74, 6) is 0.510. The van der Waals surface area contributed by atoms with Gasteiger partial charge >= 0.3 is 6.03 Å². The van der Waals surface area contributed by atoms with Gasteiger partial charge in [-0.2, -0.15) is 0 Å². The molecule has 1 aliphatic heterocycles. The minimum atomic E-state index is -0.116. The van der Waals surface area contributed by atoms with Crippen LogP contribution in [0, 0.1) is 0 Å². The first-order chi connectivity index (χ1) is 10.1. The van der Waals surface area contributed by atoms with Gasteiger partial charge < -0.3 is 10.6 Å². The maximum atomic E-state index is 11.9. The van der Waals surface area contributed by atoms with Crippen molar-refractivity contribution in [3.63, 3.8) is 0 Å². The van der Waals surface area contributed by atoms with Crippen molar-refractivity contribution in [3.8, 4) is 0 Å². The molecule has 1 fully saturated rings. The van der Waals surface area contributed by atoms with Crippen LogP contribution in [0.4, 0.5) is 10.5 Å². The van der Waals surface area contributed by atoms with Gasteiger partial charge in [0.05, 0.1) is 0 Å². The minimum Gasteiger partial charge on any atom is -0.336 e. The Morgan fingerprint density at radius 3 is 2.67 bits per heavy atom. The SMILES string of the molecule is CCN1CCCC1CNC(=O)Nc1ccc(C(C)C)cc1. The molecule has 1 heterocycles. The van der Waals surface area contributed by atoms with Crippen molar-refractivity contribution in [1.82, 2.24) is 10.2 Å². The molecule has 1 atom stereocenters. The summed E-state index contributed by atoms with van der Waals surface area (Å²) in [6, 6.07) is 8.43. The van der Waals surface area contributed by atoms with E-state index in [-0.39, 0.29) is 6.03 Å². The van der Waals surface area contributed by atoms with Gasteiger partial charge in [0.2, 0.25) is 0 Å². The molecule has 2 amide bonds. The van der Waals surface area contributed by atoms with Crippen LogP contribution in [0.25, 0.3) is 0 Å². The molecule has 1 saturated heterocycles. The number of benzene rings is 1. The van der Waals surface area contributed by atoms with Crippen molar-refractivity contribution < 1.29 is 4.79 Å². The number of likely N-dealkylation sites (tertiary alicyclic amines) is 1. The van der Waals surface area contributed by atoms with Crippen LogP contribution >= 0.6 is 0 Å². The molecule has 0 saturated carbocycles. The van der Waals surface area contributed by atoms with Crippen molar-refractivity contribution in [1.29, 1.82) is 0 Å². The van der Waals surface area contributed by atoms with Crippen molar-refractivity contribution >= 4 is 11.7 Å². The summed E-state index contributed by atoms with van der Waals surface area (Å²) < 4.78 is 0. The highest BCUT2D eigenvalue weighted by Gasteiger charge is 2.22. The van der Waals surface area contributed by atoms with Gasteiger partial charge in [-0.1, -0.05) is 32.9 Å². The maximum absolute atomic E-state index is 11.9. The third-order valence-corrected chi connectivity index (χ3v) is 4.24. The molecule has 21 heavy (non-hydrogen) atoms. The van der Waals surface area contributed by atoms with Crippen LogP contribution in [-0.4, -0.2) is 36.6 Å². The van der Waals surface area contributed by atoms with E-state index in [1.807, 2.05) is 12.1 Å². The van der Waals surface area contributed by atoms with Crippen molar-refractivity contribution in [2.45, 2.75) is 45.6 Å². The van der Waals surface area contributed by atoms with E-state index in [4.69, 9.17) is 0 Å². The van der Waals surface area contributed by atoms with Gasteiger partial charge in [0.1, 0.15) is 0 Å². The number of hydrogen-bond acceptors (Lipinski definition) is 2. The van der Waals surface area contributed by atoms with Crippen LogP contribution in [0.1, 0.15) is 45.1 Å². The summed E-state index contributed by atoms with van der Waals surface area (Å²) in [7, 11) is 0. The third-order valence-electron chi connectivity index (χ3n) is 4.24. The number of likely N-dealkylation sites (N-methyl/N-ethyl adjacent to an activating group) is 1. The van der Waals surface area contributed by atoms with Crippen LogP contribution in [0.15, 0.2) is 24.3 Å². The smallest absolute Gasteiger partial charge is 0.319 e. The van der Waals surface area contributed by atoms with Crippen LogP contribution in [0.3, 0.4) is 0 Å². The summed E-state index contributed by atoms with van der Waals surface area (Å²) in [6.07, 6.45) is 2.41. The molecule has 1 aromatic rings. The van der Waals surface area contributed by atoms with Gasteiger partial charge in [-0.25, -0.2) is 4.79 Å². The van der Waals surface area contributed by atoms with Gasteiger partial charge in [-0.05, 0) is 49.5 Å². The van der Waals surface area contributed by atoms with E-state index < -0.39 is 0 Å². The zero-order valence-corrected chi connectivity index (χ0v) is 13.4. The van der Waals surface area contributed by atoms with Crippen molar-refractivity contribution in [2.75, 3.05) is 25.0 Å². The minimum absolute atomic E-state index is 0.116. The molecule has 0 aliphatic carbocycles. The molecule has 4 heteroatoms. The van der Waals surface area contributed by atoms with Gasteiger partial charge in [-0.3, -0.25) is 4.90 Å². The van der Waals surface area contributed by atoms with E-state index in [9.17, 15) is 4.79 Å². The predicted octanol–water partition coefficient (Wildman–Crippen LogP) is 3.42. The van der Waals surface area contributed by atoms with Crippen LogP contribution in [0.5, 0.6) is 0 Å². The maximum Gasteiger partial charge on any atom is 0.319 e. The Bertz CT molecular complexity index is 456. The lowest BCUT2D eigenvalue weighted by atomic mass is 10.0. The first kappa shape index (κ1) is 15.8.